The van der Waals surface area contributed by atoms with E-state index in [0.717, 1.165) is 21.9 Å². The van der Waals surface area contributed by atoms with Gasteiger partial charge in [-0.15, -0.1) is 0 Å². The highest BCUT2D eigenvalue weighted by Crippen LogP contribution is 2.34. The second kappa shape index (κ2) is 12.7. The van der Waals surface area contributed by atoms with Gasteiger partial charge in [0, 0.05) is 12.2 Å². The number of amides is 4. The van der Waals surface area contributed by atoms with E-state index in [1.165, 1.54) is 12.1 Å². The van der Waals surface area contributed by atoms with Crippen LogP contribution >= 0.6 is 23.2 Å². The van der Waals surface area contributed by atoms with Crippen LogP contribution in [0.1, 0.15) is 23.7 Å². The molecule has 2 heterocycles. The van der Waals surface area contributed by atoms with Crippen LogP contribution in [0, 0.1) is 0 Å². The predicted octanol–water partition coefficient (Wildman–Crippen LogP) is 0.964. The molecule has 2 aliphatic rings. The summed E-state index contributed by atoms with van der Waals surface area (Å²) in [5.41, 5.74) is 0.304. The maximum atomic E-state index is 13.8. The number of aliphatic hydroxyl groups excluding tert-OH is 1. The van der Waals surface area contributed by atoms with Gasteiger partial charge in [0.05, 0.1) is 34.4 Å². The second-order valence-corrected chi connectivity index (χ2v) is 9.90. The Morgan fingerprint density at radius 2 is 1.76 bits per heavy atom. The van der Waals surface area contributed by atoms with Gasteiger partial charge < -0.3 is 35.2 Å². The van der Waals surface area contributed by atoms with Crippen LogP contribution in [0.4, 0.5) is 11.4 Å². The molecule has 0 spiro atoms. The Bertz CT molecular complexity index is 1370. The molecule has 1 saturated heterocycles. The lowest BCUT2D eigenvalue weighted by atomic mass is 10.1. The number of anilines is 2. The fourth-order valence-electron chi connectivity index (χ4n) is 4.48. The molecule has 2 aromatic carbocycles. The molecule has 0 bridgehead atoms. The molecule has 218 valence electrons. The van der Waals surface area contributed by atoms with Crippen LogP contribution < -0.4 is 20.4 Å². The van der Waals surface area contributed by atoms with Crippen molar-refractivity contribution in [2.75, 3.05) is 36.1 Å². The normalized spacial score (nSPS) is 20.2. The number of rotatable bonds is 8. The zero-order valence-electron chi connectivity index (χ0n) is 21.6. The zero-order chi connectivity index (χ0) is 29.8. The number of nitrogens with one attached hydrogen (secondary N) is 2. The van der Waals surface area contributed by atoms with Crippen molar-refractivity contribution in [1.29, 1.82) is 0 Å². The molecule has 3 atom stereocenters. The Balaban J connectivity index is 1.65. The van der Waals surface area contributed by atoms with Gasteiger partial charge in [-0.25, -0.2) is 0 Å². The van der Waals surface area contributed by atoms with E-state index in [1.807, 2.05) is 0 Å². The topological polar surface area (TPSA) is 175 Å². The Morgan fingerprint density at radius 1 is 1.10 bits per heavy atom. The number of aromatic hydroxyl groups is 1. The monoisotopic (exact) mass is 608 g/mol. The number of aliphatic hydroxyl groups is 1. The number of carbonyl (C=O) groups excluding carboxylic acids is 5. The number of para-hydroxylation sites is 2. The number of nitrogens with zero attached hydrogens (tertiary/aromatic N) is 2. The number of phenolic OH excluding ortho intramolecular Hbond substituents is 1. The van der Waals surface area contributed by atoms with Crippen LogP contribution in [-0.2, 0) is 28.7 Å². The molecule has 0 saturated carbocycles. The summed E-state index contributed by atoms with van der Waals surface area (Å²) >= 11 is 11.9. The van der Waals surface area contributed by atoms with Crippen molar-refractivity contribution in [1.82, 2.24) is 10.6 Å². The average Bonchev–Trinajstić information content (AvgIpc) is 3.24. The molecule has 4 amide bonds. The SMILES string of the molecule is CCOC1OC(=O)C[C@@H]1NC(=O)CN1C(=O)[C@@H](NC(=O)c2cc(Cl)c(O)c(Cl)c2)CN(C(=O)CO)c2ccccc21. The number of carbonyl (C=O) groups is 5. The maximum Gasteiger partial charge on any atom is 0.310 e. The van der Waals surface area contributed by atoms with Crippen LogP contribution in [0.3, 0.4) is 0 Å². The van der Waals surface area contributed by atoms with Crippen molar-refractivity contribution in [2.24, 2.45) is 0 Å². The van der Waals surface area contributed by atoms with Gasteiger partial charge >= 0.3 is 5.97 Å². The molecule has 15 heteroatoms. The predicted molar refractivity (Wildman–Crippen MR) is 146 cm³/mol. The van der Waals surface area contributed by atoms with Crippen LogP contribution in [0.15, 0.2) is 36.4 Å². The molecular weight excluding hydrogens is 583 g/mol. The number of hydrogen-bond acceptors (Lipinski definition) is 9. The van der Waals surface area contributed by atoms with Crippen molar-refractivity contribution in [3.8, 4) is 5.75 Å². The lowest BCUT2D eigenvalue weighted by molar-refractivity contribution is -0.164. The van der Waals surface area contributed by atoms with E-state index in [9.17, 15) is 34.2 Å². The molecule has 4 N–H and O–H groups in total. The number of hydrogen-bond donors (Lipinski definition) is 4. The fourth-order valence-corrected chi connectivity index (χ4v) is 4.97. The number of benzene rings is 2. The van der Waals surface area contributed by atoms with Gasteiger partial charge in [-0.1, -0.05) is 35.3 Å². The summed E-state index contributed by atoms with van der Waals surface area (Å²) in [5.74, 6) is -3.95. The lowest BCUT2D eigenvalue weighted by Crippen LogP contribution is -2.55. The van der Waals surface area contributed by atoms with E-state index in [0.29, 0.717) is 0 Å². The number of phenols is 1. The molecular formula is C26H26Cl2N4O9. The zero-order valence-corrected chi connectivity index (χ0v) is 23.1. The van der Waals surface area contributed by atoms with Crippen LogP contribution in [0.2, 0.25) is 10.0 Å². The van der Waals surface area contributed by atoms with Crippen molar-refractivity contribution in [2.45, 2.75) is 31.7 Å². The highest BCUT2D eigenvalue weighted by atomic mass is 35.5. The average molecular weight is 609 g/mol. The molecule has 0 aromatic heterocycles. The second-order valence-electron chi connectivity index (χ2n) is 9.08. The summed E-state index contributed by atoms with van der Waals surface area (Å²) in [6.45, 7) is 0.114. The highest BCUT2D eigenvalue weighted by molar-refractivity contribution is 6.37. The summed E-state index contributed by atoms with van der Waals surface area (Å²) < 4.78 is 10.4. The largest absolute Gasteiger partial charge is 0.505 e. The summed E-state index contributed by atoms with van der Waals surface area (Å²) in [6, 6.07) is 6.34. The van der Waals surface area contributed by atoms with Gasteiger partial charge in [0.15, 0.2) is 5.75 Å². The maximum absolute atomic E-state index is 13.8. The van der Waals surface area contributed by atoms with Crippen LogP contribution in [0.5, 0.6) is 5.75 Å². The van der Waals surface area contributed by atoms with Crippen LogP contribution in [0.25, 0.3) is 0 Å². The third-order valence-electron chi connectivity index (χ3n) is 6.36. The molecule has 1 fully saturated rings. The molecule has 1 unspecified atom stereocenters. The Morgan fingerprint density at radius 3 is 2.39 bits per heavy atom. The summed E-state index contributed by atoms with van der Waals surface area (Å²) in [6.07, 6.45) is -1.12. The minimum absolute atomic E-state index is 0.0791. The van der Waals surface area contributed by atoms with Gasteiger partial charge in [0.1, 0.15) is 25.2 Å². The van der Waals surface area contributed by atoms with E-state index in [-0.39, 0.29) is 46.6 Å². The minimum Gasteiger partial charge on any atom is -0.505 e. The summed E-state index contributed by atoms with van der Waals surface area (Å²) in [7, 11) is 0. The number of halogens is 2. The van der Waals surface area contributed by atoms with E-state index < -0.39 is 66.9 Å². The molecule has 0 radical (unpaired) electrons. The third-order valence-corrected chi connectivity index (χ3v) is 6.93. The first kappa shape index (κ1) is 30.1. The standard InChI is InChI=1S/C26H26Cl2N4O9/c1-2-40-26-16(9-22(36)41-26)29-20(34)11-32-19-6-4-3-5-18(19)31(21(35)12-33)10-17(25(32)39)30-24(38)13-7-14(27)23(37)15(28)8-13/h3-8,16-17,26,33,37H,2,9-12H2,1H3,(H,29,34)(H,30,38)/t16-,17-,26?/m0/s1. The molecule has 0 aliphatic carbocycles. The molecule has 4 rings (SSSR count). The van der Waals surface area contributed by atoms with Crippen molar-refractivity contribution < 1.29 is 43.7 Å². The Kier molecular flexibility index (Phi) is 9.33. The number of esters is 1. The van der Waals surface area contributed by atoms with E-state index in [4.69, 9.17) is 32.7 Å². The van der Waals surface area contributed by atoms with Crippen molar-refractivity contribution >= 4 is 64.2 Å². The quantitative estimate of drug-likeness (QED) is 0.318. The van der Waals surface area contributed by atoms with Crippen molar-refractivity contribution in [3.63, 3.8) is 0 Å². The highest BCUT2D eigenvalue weighted by Gasteiger charge is 2.40. The molecule has 41 heavy (non-hydrogen) atoms. The molecule has 13 nitrogen and oxygen atoms in total. The Labute approximate surface area is 243 Å². The smallest absolute Gasteiger partial charge is 0.310 e. The number of fused-ring (bicyclic) bond motifs is 1. The number of ether oxygens (including phenoxy) is 2. The molecule has 2 aromatic rings. The first-order valence-electron chi connectivity index (χ1n) is 12.4. The Hall–Kier alpha value is -3.91. The fraction of sp³-hybridized carbons (Fsp3) is 0.346. The van der Waals surface area contributed by atoms with Gasteiger partial charge in [0.2, 0.25) is 12.2 Å². The molecule has 2 aliphatic heterocycles. The van der Waals surface area contributed by atoms with E-state index in [1.54, 1.807) is 19.1 Å². The van der Waals surface area contributed by atoms with Gasteiger partial charge in [0.25, 0.3) is 17.7 Å². The first-order valence-corrected chi connectivity index (χ1v) is 13.2. The van der Waals surface area contributed by atoms with E-state index in [2.05, 4.69) is 10.6 Å². The van der Waals surface area contributed by atoms with Gasteiger partial charge in [-0.05, 0) is 31.2 Å². The summed E-state index contributed by atoms with van der Waals surface area (Å²) in [5, 5.41) is 24.2. The first-order chi connectivity index (χ1) is 19.5. The lowest BCUT2D eigenvalue weighted by Gasteiger charge is -2.26. The summed E-state index contributed by atoms with van der Waals surface area (Å²) in [4.78, 5) is 66.8. The third kappa shape index (κ3) is 6.54. The van der Waals surface area contributed by atoms with Crippen LogP contribution in [-0.4, -0.2) is 84.5 Å². The van der Waals surface area contributed by atoms with E-state index >= 15 is 0 Å². The number of cyclic esters (lactones) is 1. The van der Waals surface area contributed by atoms with Gasteiger partial charge in [-0.2, -0.15) is 0 Å². The van der Waals surface area contributed by atoms with Gasteiger partial charge in [-0.3, -0.25) is 28.9 Å². The van der Waals surface area contributed by atoms with Crippen molar-refractivity contribution in [3.05, 3.63) is 52.0 Å². The minimum atomic E-state index is -1.39.